The number of rotatable bonds is 7. The number of aliphatic hydroxyl groups excluding tert-OH is 1. The zero-order chi connectivity index (χ0) is 22.4. The lowest BCUT2D eigenvalue weighted by Gasteiger charge is -2.18. The van der Waals surface area contributed by atoms with Gasteiger partial charge in [0.2, 0.25) is 5.91 Å². The Bertz CT molecular complexity index is 1050. The second kappa shape index (κ2) is 9.43. The number of nitrogens with one attached hydrogen (secondary N) is 2. The monoisotopic (exact) mass is 433 g/mol. The Kier molecular flexibility index (Phi) is 6.71. The van der Waals surface area contributed by atoms with Crippen LogP contribution in [0.3, 0.4) is 0 Å². The van der Waals surface area contributed by atoms with E-state index in [2.05, 4.69) is 15.8 Å². The SMILES string of the molecule is O=C(CNC(=O)c1cc(-c2ccccc2)on1)NCC(O)c1ccccc1C(F)(F)F. The third kappa shape index (κ3) is 5.70. The van der Waals surface area contributed by atoms with Crippen LogP contribution in [0.15, 0.2) is 65.2 Å². The number of carbonyl (C=O) groups is 2. The van der Waals surface area contributed by atoms with Gasteiger partial charge in [-0.15, -0.1) is 0 Å². The van der Waals surface area contributed by atoms with E-state index in [1.165, 1.54) is 18.2 Å². The molecule has 10 heteroatoms. The molecular weight excluding hydrogens is 415 g/mol. The largest absolute Gasteiger partial charge is 0.416 e. The maximum Gasteiger partial charge on any atom is 0.416 e. The molecule has 1 unspecified atom stereocenters. The highest BCUT2D eigenvalue weighted by Crippen LogP contribution is 2.34. The van der Waals surface area contributed by atoms with E-state index in [1.54, 1.807) is 24.3 Å². The van der Waals surface area contributed by atoms with Gasteiger partial charge in [0, 0.05) is 18.2 Å². The Morgan fingerprint density at radius 1 is 1.03 bits per heavy atom. The lowest BCUT2D eigenvalue weighted by atomic mass is 10.0. The van der Waals surface area contributed by atoms with Crippen LogP contribution in [0.25, 0.3) is 11.3 Å². The predicted molar refractivity (Wildman–Crippen MR) is 104 cm³/mol. The Morgan fingerprint density at radius 2 is 1.71 bits per heavy atom. The molecule has 162 valence electrons. The van der Waals surface area contributed by atoms with Crippen molar-refractivity contribution in [3.63, 3.8) is 0 Å². The molecule has 0 aliphatic heterocycles. The van der Waals surface area contributed by atoms with Crippen LogP contribution in [-0.4, -0.2) is 35.2 Å². The minimum absolute atomic E-state index is 0.0363. The van der Waals surface area contributed by atoms with Crippen LogP contribution in [0.2, 0.25) is 0 Å². The van der Waals surface area contributed by atoms with Crippen LogP contribution in [-0.2, 0) is 11.0 Å². The fourth-order valence-corrected chi connectivity index (χ4v) is 2.80. The van der Waals surface area contributed by atoms with E-state index in [4.69, 9.17) is 4.52 Å². The maximum atomic E-state index is 13.0. The maximum absolute atomic E-state index is 13.0. The van der Waals surface area contributed by atoms with Crippen LogP contribution >= 0.6 is 0 Å². The van der Waals surface area contributed by atoms with Crippen LogP contribution in [0.5, 0.6) is 0 Å². The number of benzene rings is 2. The minimum Gasteiger partial charge on any atom is -0.387 e. The molecule has 0 spiro atoms. The molecule has 0 fully saturated rings. The van der Waals surface area contributed by atoms with Crippen molar-refractivity contribution in [2.75, 3.05) is 13.1 Å². The molecular formula is C21H18F3N3O4. The average molecular weight is 433 g/mol. The van der Waals surface area contributed by atoms with Gasteiger partial charge >= 0.3 is 6.18 Å². The van der Waals surface area contributed by atoms with Crippen LogP contribution in [0, 0.1) is 0 Å². The van der Waals surface area contributed by atoms with Gasteiger partial charge in [0.25, 0.3) is 5.91 Å². The highest BCUT2D eigenvalue weighted by Gasteiger charge is 2.34. The number of aliphatic hydroxyl groups is 1. The highest BCUT2D eigenvalue weighted by atomic mass is 19.4. The van der Waals surface area contributed by atoms with Gasteiger partial charge in [0.15, 0.2) is 11.5 Å². The van der Waals surface area contributed by atoms with Crippen molar-refractivity contribution in [3.05, 3.63) is 77.5 Å². The van der Waals surface area contributed by atoms with E-state index in [9.17, 15) is 27.9 Å². The van der Waals surface area contributed by atoms with Gasteiger partial charge in [-0.1, -0.05) is 53.7 Å². The Hall–Kier alpha value is -3.66. The summed E-state index contributed by atoms with van der Waals surface area (Å²) in [4.78, 5) is 24.0. The first-order valence-corrected chi connectivity index (χ1v) is 9.17. The van der Waals surface area contributed by atoms with Crippen molar-refractivity contribution in [3.8, 4) is 11.3 Å². The smallest absolute Gasteiger partial charge is 0.387 e. The van der Waals surface area contributed by atoms with E-state index in [1.807, 2.05) is 6.07 Å². The van der Waals surface area contributed by atoms with Gasteiger partial charge in [-0.2, -0.15) is 13.2 Å². The summed E-state index contributed by atoms with van der Waals surface area (Å²) in [6.45, 7) is -0.913. The quantitative estimate of drug-likeness (QED) is 0.532. The number of carbonyl (C=O) groups excluding carboxylic acids is 2. The first kappa shape index (κ1) is 22.0. The molecule has 7 nitrogen and oxygen atoms in total. The topological polar surface area (TPSA) is 104 Å². The molecule has 3 aromatic rings. The molecule has 2 amide bonds. The van der Waals surface area contributed by atoms with Crippen molar-refractivity contribution in [2.45, 2.75) is 12.3 Å². The second-order valence-electron chi connectivity index (χ2n) is 6.53. The summed E-state index contributed by atoms with van der Waals surface area (Å²) < 4.78 is 44.2. The number of alkyl halides is 3. The Morgan fingerprint density at radius 3 is 2.42 bits per heavy atom. The number of hydrogen-bond acceptors (Lipinski definition) is 5. The fourth-order valence-electron chi connectivity index (χ4n) is 2.80. The summed E-state index contributed by atoms with van der Waals surface area (Å²) in [6.07, 6.45) is -6.20. The average Bonchev–Trinajstić information content (AvgIpc) is 3.26. The van der Waals surface area contributed by atoms with E-state index < -0.39 is 42.7 Å². The summed E-state index contributed by atoms with van der Waals surface area (Å²) in [5.74, 6) is -0.977. The highest BCUT2D eigenvalue weighted by molar-refractivity contribution is 5.95. The molecule has 0 aliphatic rings. The van der Waals surface area contributed by atoms with E-state index in [0.717, 1.165) is 17.7 Å². The third-order valence-electron chi connectivity index (χ3n) is 4.33. The first-order chi connectivity index (χ1) is 14.8. The zero-order valence-electron chi connectivity index (χ0n) is 16.0. The van der Waals surface area contributed by atoms with Gasteiger partial charge in [-0.3, -0.25) is 9.59 Å². The predicted octanol–water partition coefficient (Wildman–Crippen LogP) is 2.94. The third-order valence-corrected chi connectivity index (χ3v) is 4.33. The molecule has 1 heterocycles. The molecule has 1 aromatic heterocycles. The van der Waals surface area contributed by atoms with Crippen molar-refractivity contribution in [1.82, 2.24) is 15.8 Å². The summed E-state index contributed by atoms with van der Waals surface area (Å²) >= 11 is 0. The summed E-state index contributed by atoms with van der Waals surface area (Å²) in [6, 6.07) is 14.9. The molecule has 0 bridgehead atoms. The van der Waals surface area contributed by atoms with Gasteiger partial charge in [-0.25, -0.2) is 0 Å². The normalized spacial score (nSPS) is 12.3. The van der Waals surface area contributed by atoms with Gasteiger partial charge in [0.1, 0.15) is 0 Å². The number of amides is 2. The van der Waals surface area contributed by atoms with Crippen LogP contribution < -0.4 is 10.6 Å². The Balaban J connectivity index is 1.51. The molecule has 3 rings (SSSR count). The second-order valence-corrected chi connectivity index (χ2v) is 6.53. The zero-order valence-corrected chi connectivity index (χ0v) is 16.0. The number of nitrogens with zero attached hydrogens (tertiary/aromatic N) is 1. The number of aromatic nitrogens is 1. The van der Waals surface area contributed by atoms with Crippen molar-refractivity contribution in [2.24, 2.45) is 0 Å². The standard InChI is InChI=1S/C21H18F3N3O4/c22-21(23,24)15-9-5-4-8-14(15)17(28)11-25-19(29)12-26-20(30)16-10-18(31-27-16)13-6-2-1-3-7-13/h1-10,17,28H,11-12H2,(H,25,29)(H,26,30). The van der Waals surface area contributed by atoms with Gasteiger partial charge < -0.3 is 20.3 Å². The van der Waals surface area contributed by atoms with E-state index >= 15 is 0 Å². The van der Waals surface area contributed by atoms with E-state index in [-0.39, 0.29) is 11.3 Å². The lowest BCUT2D eigenvalue weighted by molar-refractivity contribution is -0.139. The number of hydrogen-bond donors (Lipinski definition) is 3. The fraction of sp³-hybridized carbons (Fsp3) is 0.190. The molecule has 3 N–H and O–H groups in total. The van der Waals surface area contributed by atoms with Crippen molar-refractivity contribution < 1.29 is 32.4 Å². The molecule has 0 radical (unpaired) electrons. The molecule has 0 saturated carbocycles. The Labute approximate surface area is 174 Å². The molecule has 0 saturated heterocycles. The summed E-state index contributed by atoms with van der Waals surface area (Å²) in [7, 11) is 0. The van der Waals surface area contributed by atoms with Gasteiger partial charge in [-0.05, 0) is 11.6 Å². The van der Waals surface area contributed by atoms with Crippen LogP contribution in [0.1, 0.15) is 27.7 Å². The van der Waals surface area contributed by atoms with E-state index in [0.29, 0.717) is 5.76 Å². The van der Waals surface area contributed by atoms with Crippen molar-refractivity contribution in [1.29, 1.82) is 0 Å². The molecule has 2 aromatic carbocycles. The molecule has 1 atom stereocenters. The molecule has 0 aliphatic carbocycles. The minimum atomic E-state index is -4.63. The summed E-state index contributed by atoms with van der Waals surface area (Å²) in [5.41, 5.74) is -0.647. The lowest BCUT2D eigenvalue weighted by Crippen LogP contribution is -2.38. The molecule has 31 heavy (non-hydrogen) atoms. The summed E-state index contributed by atoms with van der Waals surface area (Å²) in [5, 5.41) is 18.3. The first-order valence-electron chi connectivity index (χ1n) is 9.17. The number of halogens is 3. The van der Waals surface area contributed by atoms with Crippen LogP contribution in [0.4, 0.5) is 13.2 Å². The van der Waals surface area contributed by atoms with Gasteiger partial charge in [0.05, 0.1) is 18.2 Å². The van der Waals surface area contributed by atoms with Crippen molar-refractivity contribution >= 4 is 11.8 Å².